The molecule has 0 amide bonds. The third kappa shape index (κ3) is 4.99. The van der Waals surface area contributed by atoms with E-state index in [0.29, 0.717) is 23.2 Å². The predicted molar refractivity (Wildman–Crippen MR) is 239 cm³/mol. The van der Waals surface area contributed by atoms with E-state index in [9.17, 15) is 0 Å². The van der Waals surface area contributed by atoms with Gasteiger partial charge in [0.05, 0.1) is 12.0 Å². The van der Waals surface area contributed by atoms with Crippen molar-refractivity contribution in [1.82, 2.24) is 15.0 Å². The summed E-state index contributed by atoms with van der Waals surface area (Å²) >= 11 is 0. The Labute approximate surface area is 341 Å². The third-order valence-corrected chi connectivity index (χ3v) is 12.3. The van der Waals surface area contributed by atoms with Crippen LogP contribution in [0.2, 0.25) is 0 Å². The van der Waals surface area contributed by atoms with Crippen molar-refractivity contribution in [2.24, 2.45) is 0 Å². The molecule has 2 aliphatic rings. The predicted octanol–water partition coefficient (Wildman–Crippen LogP) is 13.7. The van der Waals surface area contributed by atoms with Gasteiger partial charge in [-0.15, -0.1) is 0 Å². The standard InChI is InChI=1S/C55H32N4/c1-56-43-27-28-46-47-32-40(26-29-50(47)55(51(46)33-43)48-16-8-6-14-44(48)45-15-7-9-17-49(45)55)36-18-22-37(23-19-36)52-57-53(41-24-20-34-10-2-4-12-38(34)30-41)59-54(58-52)42-25-21-35-11-3-5-13-39(35)31-42/h2-33H. The highest BCUT2D eigenvalue weighted by molar-refractivity contribution is 5.97. The Bertz CT molecular complexity index is 3270. The Hall–Kier alpha value is -8.00. The average Bonchev–Trinajstić information content (AvgIpc) is 3.77. The number of rotatable bonds is 4. The first kappa shape index (κ1) is 33.2. The van der Waals surface area contributed by atoms with Gasteiger partial charge in [-0.3, -0.25) is 0 Å². The number of nitrogens with zero attached hydrogens (tertiary/aromatic N) is 4. The molecule has 0 saturated heterocycles. The van der Waals surface area contributed by atoms with Crippen LogP contribution in [0.15, 0.2) is 194 Å². The Balaban J connectivity index is 0.977. The van der Waals surface area contributed by atoms with Crippen molar-refractivity contribution in [3.05, 3.63) is 228 Å². The highest BCUT2D eigenvalue weighted by atomic mass is 15.0. The first-order valence-corrected chi connectivity index (χ1v) is 19.9. The minimum absolute atomic E-state index is 0.495. The van der Waals surface area contributed by atoms with E-state index >= 15 is 0 Å². The zero-order valence-electron chi connectivity index (χ0n) is 31.8. The van der Waals surface area contributed by atoms with Gasteiger partial charge in [-0.25, -0.2) is 19.8 Å². The summed E-state index contributed by atoms with van der Waals surface area (Å²) in [6, 6.07) is 68.7. The average molecular weight is 749 g/mol. The fourth-order valence-electron chi connectivity index (χ4n) is 9.61. The topological polar surface area (TPSA) is 43.0 Å². The van der Waals surface area contributed by atoms with Crippen LogP contribution in [-0.4, -0.2) is 15.0 Å². The maximum atomic E-state index is 7.92. The number of aromatic nitrogens is 3. The summed E-state index contributed by atoms with van der Waals surface area (Å²) < 4.78 is 0. The Morgan fingerprint density at radius 3 is 1.37 bits per heavy atom. The molecule has 0 fully saturated rings. The molecule has 0 unspecified atom stereocenters. The van der Waals surface area contributed by atoms with Crippen molar-refractivity contribution in [1.29, 1.82) is 0 Å². The van der Waals surface area contributed by atoms with Gasteiger partial charge in [-0.1, -0.05) is 176 Å². The van der Waals surface area contributed by atoms with Crippen LogP contribution >= 0.6 is 0 Å². The van der Waals surface area contributed by atoms with Gasteiger partial charge in [-0.05, 0) is 95.4 Å². The van der Waals surface area contributed by atoms with Gasteiger partial charge in [0.2, 0.25) is 0 Å². The lowest BCUT2D eigenvalue weighted by atomic mass is 9.70. The van der Waals surface area contributed by atoms with Gasteiger partial charge in [0.25, 0.3) is 0 Å². The van der Waals surface area contributed by atoms with Crippen molar-refractivity contribution in [3.63, 3.8) is 0 Å². The maximum Gasteiger partial charge on any atom is 0.187 e. The summed E-state index contributed by atoms with van der Waals surface area (Å²) in [6.45, 7) is 7.92. The highest BCUT2D eigenvalue weighted by Crippen LogP contribution is 2.63. The number of hydrogen-bond donors (Lipinski definition) is 0. The van der Waals surface area contributed by atoms with Gasteiger partial charge >= 0.3 is 0 Å². The molecule has 4 nitrogen and oxygen atoms in total. The third-order valence-electron chi connectivity index (χ3n) is 12.3. The number of hydrogen-bond acceptors (Lipinski definition) is 3. The molecule has 1 aromatic heterocycles. The molecule has 0 radical (unpaired) electrons. The molecule has 9 aromatic carbocycles. The lowest BCUT2D eigenvalue weighted by Gasteiger charge is -2.30. The summed E-state index contributed by atoms with van der Waals surface area (Å²) in [5, 5.41) is 4.62. The molecule has 0 atom stereocenters. The molecular weight excluding hydrogens is 717 g/mol. The summed E-state index contributed by atoms with van der Waals surface area (Å²) in [5.74, 6) is 1.89. The summed E-state index contributed by atoms with van der Waals surface area (Å²) in [6.07, 6.45) is 0. The molecule has 1 spiro atoms. The van der Waals surface area contributed by atoms with Crippen molar-refractivity contribution in [2.45, 2.75) is 5.41 Å². The Morgan fingerprint density at radius 2 is 0.780 bits per heavy atom. The van der Waals surface area contributed by atoms with Crippen LogP contribution in [0.5, 0.6) is 0 Å². The minimum Gasteiger partial charge on any atom is -0.238 e. The highest BCUT2D eigenvalue weighted by Gasteiger charge is 2.51. The number of fused-ring (bicyclic) bond motifs is 12. The molecule has 4 heteroatoms. The SMILES string of the molecule is [C-]#[N+]c1ccc2c(c1)C1(c3ccccc3-c3ccccc31)c1ccc(-c3ccc(-c4nc(-c5ccc6ccccc6c5)nc(-c5ccc6ccccc6c5)n4)cc3)cc1-2. The zero-order valence-corrected chi connectivity index (χ0v) is 31.8. The van der Waals surface area contributed by atoms with Crippen LogP contribution in [0.4, 0.5) is 5.69 Å². The largest absolute Gasteiger partial charge is 0.238 e. The second-order valence-corrected chi connectivity index (χ2v) is 15.5. The van der Waals surface area contributed by atoms with E-state index in [2.05, 4.69) is 193 Å². The molecule has 2 aliphatic carbocycles. The van der Waals surface area contributed by atoms with Crippen LogP contribution in [0.1, 0.15) is 22.3 Å². The number of benzene rings is 9. The van der Waals surface area contributed by atoms with E-state index in [1.807, 2.05) is 6.07 Å². The molecule has 272 valence electrons. The van der Waals surface area contributed by atoms with Crippen LogP contribution in [0.25, 0.3) is 93.9 Å². The smallest absolute Gasteiger partial charge is 0.187 e. The molecule has 0 N–H and O–H groups in total. The van der Waals surface area contributed by atoms with E-state index in [4.69, 9.17) is 21.5 Å². The van der Waals surface area contributed by atoms with Gasteiger partial charge in [0.1, 0.15) is 0 Å². The van der Waals surface area contributed by atoms with Crippen LogP contribution in [-0.2, 0) is 5.41 Å². The van der Waals surface area contributed by atoms with E-state index in [0.717, 1.165) is 38.6 Å². The Morgan fingerprint density at radius 1 is 0.322 bits per heavy atom. The van der Waals surface area contributed by atoms with E-state index < -0.39 is 5.41 Å². The first-order chi connectivity index (χ1) is 29.2. The molecule has 0 saturated carbocycles. The maximum absolute atomic E-state index is 7.92. The van der Waals surface area contributed by atoms with E-state index in [-0.39, 0.29) is 0 Å². The quantitative estimate of drug-likeness (QED) is 0.168. The second kappa shape index (κ2) is 12.8. The molecule has 0 bridgehead atoms. The fraction of sp³-hybridized carbons (Fsp3) is 0.0182. The molecule has 59 heavy (non-hydrogen) atoms. The zero-order chi connectivity index (χ0) is 39.1. The van der Waals surface area contributed by atoms with E-state index in [1.165, 1.54) is 55.3 Å². The van der Waals surface area contributed by atoms with Gasteiger partial charge < -0.3 is 0 Å². The second-order valence-electron chi connectivity index (χ2n) is 15.5. The lowest BCUT2D eigenvalue weighted by molar-refractivity contribution is 0.794. The summed E-state index contributed by atoms with van der Waals surface area (Å²) in [4.78, 5) is 19.1. The molecule has 12 rings (SSSR count). The summed E-state index contributed by atoms with van der Waals surface area (Å²) in [5.41, 5.74) is 15.0. The van der Waals surface area contributed by atoms with Crippen LogP contribution < -0.4 is 0 Å². The van der Waals surface area contributed by atoms with Crippen molar-refractivity contribution in [2.75, 3.05) is 0 Å². The van der Waals surface area contributed by atoms with Crippen molar-refractivity contribution in [3.8, 4) is 67.5 Å². The van der Waals surface area contributed by atoms with Crippen LogP contribution in [0, 0.1) is 6.57 Å². The van der Waals surface area contributed by atoms with Gasteiger partial charge in [-0.2, -0.15) is 0 Å². The molecule has 1 heterocycles. The molecular formula is C55H32N4. The monoisotopic (exact) mass is 748 g/mol. The minimum atomic E-state index is -0.495. The first-order valence-electron chi connectivity index (χ1n) is 19.9. The Kier molecular flexibility index (Phi) is 7.17. The molecule has 0 aliphatic heterocycles. The van der Waals surface area contributed by atoms with Crippen molar-refractivity contribution >= 4 is 27.2 Å². The van der Waals surface area contributed by atoms with E-state index in [1.54, 1.807) is 0 Å². The molecule has 10 aromatic rings. The fourth-order valence-corrected chi connectivity index (χ4v) is 9.61. The normalized spacial score (nSPS) is 12.9. The lowest BCUT2D eigenvalue weighted by Crippen LogP contribution is -2.25. The van der Waals surface area contributed by atoms with Crippen molar-refractivity contribution < 1.29 is 0 Å². The van der Waals surface area contributed by atoms with Crippen LogP contribution in [0.3, 0.4) is 0 Å². The van der Waals surface area contributed by atoms with Gasteiger partial charge in [0.15, 0.2) is 23.2 Å². The van der Waals surface area contributed by atoms with Gasteiger partial charge in [0, 0.05) is 16.7 Å². The summed E-state index contributed by atoms with van der Waals surface area (Å²) in [7, 11) is 0.